The van der Waals surface area contributed by atoms with Crippen molar-refractivity contribution in [2.45, 2.75) is 0 Å². The van der Waals surface area contributed by atoms with Crippen LogP contribution in [-0.2, 0) is 4.79 Å². The highest BCUT2D eigenvalue weighted by Crippen LogP contribution is 2.29. The third kappa shape index (κ3) is 3.86. The van der Waals surface area contributed by atoms with E-state index in [0.29, 0.717) is 18.8 Å². The Balaban J connectivity index is 1.29. The zero-order valence-corrected chi connectivity index (χ0v) is 15.7. The first-order valence-electron chi connectivity index (χ1n) is 8.33. The van der Waals surface area contributed by atoms with Crippen LogP contribution in [0, 0.1) is 0 Å². The number of anilines is 1. The molecule has 1 amide bonds. The quantitative estimate of drug-likeness (QED) is 0.675. The lowest BCUT2D eigenvalue weighted by Crippen LogP contribution is -2.50. The minimum Gasteiger partial charge on any atom is -0.482 e. The number of carbonyl (C=O) groups is 1. The number of amides is 1. The smallest absolute Gasteiger partial charge is 0.260 e. The molecule has 0 atom stereocenters. The van der Waals surface area contributed by atoms with Crippen LogP contribution in [0.4, 0.5) is 5.13 Å². The lowest BCUT2D eigenvalue weighted by atomic mass is 10.3. The van der Waals surface area contributed by atoms with Crippen LogP contribution in [0.1, 0.15) is 0 Å². The number of ether oxygens (including phenoxy) is 1. The number of hydrogen-bond donors (Lipinski definition) is 0. The van der Waals surface area contributed by atoms with E-state index in [9.17, 15) is 4.79 Å². The molecule has 6 nitrogen and oxygen atoms in total. The van der Waals surface area contributed by atoms with Crippen LogP contribution in [0.3, 0.4) is 0 Å². The van der Waals surface area contributed by atoms with E-state index in [-0.39, 0.29) is 12.5 Å². The van der Waals surface area contributed by atoms with Crippen molar-refractivity contribution in [1.29, 1.82) is 0 Å². The lowest BCUT2D eigenvalue weighted by molar-refractivity contribution is -0.133. The van der Waals surface area contributed by atoms with Crippen LogP contribution in [0.15, 0.2) is 46.7 Å². The summed E-state index contributed by atoms with van der Waals surface area (Å²) in [7, 11) is 0. The van der Waals surface area contributed by atoms with Crippen molar-refractivity contribution in [2.24, 2.45) is 0 Å². The van der Waals surface area contributed by atoms with Crippen LogP contribution in [-0.4, -0.2) is 53.6 Å². The van der Waals surface area contributed by atoms with Crippen LogP contribution in [0.2, 0.25) is 0 Å². The number of rotatable bonds is 5. The van der Waals surface area contributed by atoms with E-state index < -0.39 is 0 Å². The highest BCUT2D eigenvalue weighted by molar-refractivity contribution is 7.14. The third-order valence-corrected chi connectivity index (χ3v) is 5.79. The number of nitrogens with zero attached hydrogens (tertiary/aromatic N) is 4. The fourth-order valence-electron chi connectivity index (χ4n) is 2.77. The van der Waals surface area contributed by atoms with Gasteiger partial charge in [0.15, 0.2) is 11.7 Å². The van der Waals surface area contributed by atoms with Crippen molar-refractivity contribution in [3.8, 4) is 17.0 Å². The summed E-state index contributed by atoms with van der Waals surface area (Å²) in [6, 6.07) is 5.67. The summed E-state index contributed by atoms with van der Waals surface area (Å²) >= 11 is 3.33. The third-order valence-electron chi connectivity index (χ3n) is 4.21. The summed E-state index contributed by atoms with van der Waals surface area (Å²) in [5.74, 6) is 0.620. The molecule has 1 saturated heterocycles. The Labute approximate surface area is 159 Å². The van der Waals surface area contributed by atoms with Gasteiger partial charge in [0.1, 0.15) is 5.75 Å². The number of thiazole rings is 1. The predicted molar refractivity (Wildman–Crippen MR) is 104 cm³/mol. The molecule has 0 unspecified atom stereocenters. The Kier molecular flexibility index (Phi) is 5.12. The highest BCUT2D eigenvalue weighted by Gasteiger charge is 2.23. The molecule has 0 aliphatic carbocycles. The molecule has 3 aromatic heterocycles. The summed E-state index contributed by atoms with van der Waals surface area (Å²) < 4.78 is 5.50. The van der Waals surface area contributed by atoms with Gasteiger partial charge in [0.25, 0.3) is 5.91 Å². The molecule has 0 aromatic carbocycles. The second kappa shape index (κ2) is 7.84. The van der Waals surface area contributed by atoms with Crippen molar-refractivity contribution >= 4 is 33.7 Å². The molecule has 0 N–H and O–H groups in total. The van der Waals surface area contributed by atoms with Gasteiger partial charge < -0.3 is 14.5 Å². The second-order valence-corrected chi connectivity index (χ2v) is 7.49. The first-order chi connectivity index (χ1) is 12.8. The van der Waals surface area contributed by atoms with Gasteiger partial charge in [-0.3, -0.25) is 9.78 Å². The number of aromatic nitrogens is 2. The maximum atomic E-state index is 12.3. The second-order valence-electron chi connectivity index (χ2n) is 5.87. The standard InChI is InChI=1S/C18H18N4O2S2/c23-17(11-24-15-2-1-4-19-10-15)21-5-7-22(8-6-21)18-20-16(13-26-18)14-3-9-25-12-14/h1-4,9-10,12-13H,5-8,11H2. The van der Waals surface area contributed by atoms with Gasteiger partial charge >= 0.3 is 0 Å². The van der Waals surface area contributed by atoms with E-state index in [1.807, 2.05) is 4.90 Å². The average molecular weight is 387 g/mol. The summed E-state index contributed by atoms with van der Waals surface area (Å²) in [5.41, 5.74) is 2.19. The van der Waals surface area contributed by atoms with Crippen LogP contribution in [0.5, 0.6) is 5.75 Å². The number of piperazine rings is 1. The average Bonchev–Trinajstić information content (AvgIpc) is 3.38. The molecule has 4 rings (SSSR count). The summed E-state index contributed by atoms with van der Waals surface area (Å²) in [5, 5.41) is 7.28. The molecule has 4 heterocycles. The van der Waals surface area contributed by atoms with Gasteiger partial charge in [0.2, 0.25) is 0 Å². The van der Waals surface area contributed by atoms with Crippen LogP contribution < -0.4 is 9.64 Å². The molecule has 1 aliphatic heterocycles. The zero-order chi connectivity index (χ0) is 17.8. The van der Waals surface area contributed by atoms with Crippen molar-refractivity contribution in [1.82, 2.24) is 14.9 Å². The molecule has 0 radical (unpaired) electrons. The molecule has 26 heavy (non-hydrogen) atoms. The van der Waals surface area contributed by atoms with Crippen LogP contribution >= 0.6 is 22.7 Å². The van der Waals surface area contributed by atoms with E-state index in [4.69, 9.17) is 9.72 Å². The first-order valence-corrected chi connectivity index (χ1v) is 10.2. The predicted octanol–water partition coefficient (Wildman–Crippen LogP) is 2.99. The molecule has 134 valence electrons. The Bertz CT molecular complexity index is 843. The summed E-state index contributed by atoms with van der Waals surface area (Å²) in [6.07, 6.45) is 3.29. The molecular weight excluding hydrogens is 368 g/mol. The van der Waals surface area contributed by atoms with Crippen molar-refractivity contribution in [3.63, 3.8) is 0 Å². The van der Waals surface area contributed by atoms with E-state index >= 15 is 0 Å². The van der Waals surface area contributed by atoms with Crippen LogP contribution in [0.25, 0.3) is 11.3 Å². The summed E-state index contributed by atoms with van der Waals surface area (Å²) in [6.45, 7) is 2.99. The topological polar surface area (TPSA) is 58.6 Å². The van der Waals surface area contributed by atoms with E-state index in [1.165, 1.54) is 5.56 Å². The van der Waals surface area contributed by atoms with Crippen molar-refractivity contribution in [2.75, 3.05) is 37.7 Å². The minimum atomic E-state index is 0.00611. The van der Waals surface area contributed by atoms with Gasteiger partial charge in [-0.25, -0.2) is 4.98 Å². The maximum Gasteiger partial charge on any atom is 0.260 e. The largest absolute Gasteiger partial charge is 0.482 e. The van der Waals surface area contributed by atoms with Gasteiger partial charge in [0.05, 0.1) is 11.9 Å². The minimum absolute atomic E-state index is 0.00611. The molecule has 0 saturated carbocycles. The van der Waals surface area contributed by atoms with Gasteiger partial charge in [-0.05, 0) is 23.6 Å². The monoisotopic (exact) mass is 386 g/mol. The molecule has 1 fully saturated rings. The fourth-order valence-corrected chi connectivity index (χ4v) is 4.31. The molecule has 8 heteroatoms. The number of pyridine rings is 1. The van der Waals surface area contributed by atoms with Gasteiger partial charge in [-0.15, -0.1) is 11.3 Å². The molecular formula is C18H18N4O2S2. The van der Waals surface area contributed by atoms with Gasteiger partial charge in [-0.1, -0.05) is 0 Å². The Morgan fingerprint density at radius 1 is 1.19 bits per heavy atom. The number of thiophene rings is 1. The van der Waals surface area contributed by atoms with E-state index in [0.717, 1.165) is 23.9 Å². The molecule has 1 aliphatic rings. The normalized spacial score (nSPS) is 14.5. The van der Waals surface area contributed by atoms with Gasteiger partial charge in [-0.2, -0.15) is 11.3 Å². The zero-order valence-electron chi connectivity index (χ0n) is 14.1. The fraction of sp³-hybridized carbons (Fsp3) is 0.278. The maximum absolute atomic E-state index is 12.3. The SMILES string of the molecule is O=C(COc1cccnc1)N1CCN(c2nc(-c3ccsc3)cs2)CC1. The molecule has 0 spiro atoms. The summed E-state index contributed by atoms with van der Waals surface area (Å²) in [4.78, 5) is 25.1. The van der Waals surface area contributed by atoms with Crippen molar-refractivity contribution in [3.05, 3.63) is 46.7 Å². The highest BCUT2D eigenvalue weighted by atomic mass is 32.1. The van der Waals surface area contributed by atoms with E-state index in [2.05, 4.69) is 32.1 Å². The van der Waals surface area contributed by atoms with E-state index in [1.54, 1.807) is 47.2 Å². The Morgan fingerprint density at radius 3 is 2.81 bits per heavy atom. The lowest BCUT2D eigenvalue weighted by Gasteiger charge is -2.34. The van der Waals surface area contributed by atoms with Crippen molar-refractivity contribution < 1.29 is 9.53 Å². The first kappa shape index (κ1) is 17.0. The Morgan fingerprint density at radius 2 is 2.08 bits per heavy atom. The number of carbonyl (C=O) groups excluding carboxylic acids is 1. The molecule has 3 aromatic rings. The van der Waals surface area contributed by atoms with Gasteiger partial charge in [0, 0.05) is 48.7 Å². The molecule has 0 bridgehead atoms. The Hall–Kier alpha value is -2.45. The number of hydrogen-bond acceptors (Lipinski definition) is 7.